The van der Waals surface area contributed by atoms with Gasteiger partial charge in [-0.25, -0.2) is 0 Å². The van der Waals surface area contributed by atoms with E-state index in [-0.39, 0.29) is 5.91 Å². The fourth-order valence-electron chi connectivity index (χ4n) is 3.30. The first-order valence-electron chi connectivity index (χ1n) is 8.12. The van der Waals surface area contributed by atoms with E-state index >= 15 is 0 Å². The first kappa shape index (κ1) is 14.6. The standard InChI is InChI=1S/C16H25N3O2/c20-16(18-10-7-14-3-2-12-21-14)15-4-1-11-19(15)13-5-8-17-9-6-13/h1,4,11,13-14,17H,2-3,5-10,12H2,(H,18,20). The summed E-state index contributed by atoms with van der Waals surface area (Å²) in [6, 6.07) is 4.33. The highest BCUT2D eigenvalue weighted by molar-refractivity contribution is 5.92. The Morgan fingerprint density at radius 2 is 2.24 bits per heavy atom. The van der Waals surface area contributed by atoms with E-state index < -0.39 is 0 Å². The van der Waals surface area contributed by atoms with Crippen molar-refractivity contribution in [3.63, 3.8) is 0 Å². The van der Waals surface area contributed by atoms with E-state index in [4.69, 9.17) is 4.74 Å². The zero-order valence-electron chi connectivity index (χ0n) is 12.5. The highest BCUT2D eigenvalue weighted by Gasteiger charge is 2.20. The Labute approximate surface area is 126 Å². The lowest BCUT2D eigenvalue weighted by molar-refractivity contribution is 0.0897. The summed E-state index contributed by atoms with van der Waals surface area (Å²) in [5, 5.41) is 6.40. The minimum atomic E-state index is 0.0385. The Morgan fingerprint density at radius 1 is 1.38 bits per heavy atom. The molecule has 1 atom stereocenters. The molecule has 2 fully saturated rings. The lowest BCUT2D eigenvalue weighted by Crippen LogP contribution is -2.33. The van der Waals surface area contributed by atoms with E-state index in [1.54, 1.807) is 0 Å². The first-order valence-corrected chi connectivity index (χ1v) is 8.12. The Balaban J connectivity index is 1.53. The number of amides is 1. The van der Waals surface area contributed by atoms with Crippen LogP contribution in [0, 0.1) is 0 Å². The molecule has 0 aliphatic carbocycles. The molecule has 5 heteroatoms. The minimum absolute atomic E-state index is 0.0385. The summed E-state index contributed by atoms with van der Waals surface area (Å²) in [6.45, 7) is 3.63. The number of carbonyl (C=O) groups excluding carboxylic acids is 1. The SMILES string of the molecule is O=C(NCCC1CCCO1)c1cccn1C1CCNCC1. The molecule has 1 aromatic rings. The molecule has 3 heterocycles. The second kappa shape index (κ2) is 7.09. The van der Waals surface area contributed by atoms with Crippen LogP contribution in [0.1, 0.15) is 48.6 Å². The van der Waals surface area contributed by atoms with E-state index in [1.165, 1.54) is 0 Å². The van der Waals surface area contributed by atoms with Gasteiger partial charge in [0.1, 0.15) is 5.69 Å². The topological polar surface area (TPSA) is 55.3 Å². The van der Waals surface area contributed by atoms with Crippen molar-refractivity contribution in [1.29, 1.82) is 0 Å². The Morgan fingerprint density at radius 3 is 3.00 bits per heavy atom. The number of piperidine rings is 1. The van der Waals surface area contributed by atoms with Gasteiger partial charge in [-0.1, -0.05) is 0 Å². The predicted molar refractivity (Wildman–Crippen MR) is 81.5 cm³/mol. The number of aromatic nitrogens is 1. The number of nitrogens with one attached hydrogen (secondary N) is 2. The van der Waals surface area contributed by atoms with Gasteiger partial charge in [-0.15, -0.1) is 0 Å². The number of nitrogens with zero attached hydrogens (tertiary/aromatic N) is 1. The fraction of sp³-hybridized carbons (Fsp3) is 0.688. The molecule has 2 aliphatic rings. The fourth-order valence-corrected chi connectivity index (χ4v) is 3.30. The highest BCUT2D eigenvalue weighted by Crippen LogP contribution is 2.21. The van der Waals surface area contributed by atoms with Crippen molar-refractivity contribution in [3.8, 4) is 0 Å². The van der Waals surface area contributed by atoms with E-state index in [1.807, 2.05) is 18.3 Å². The average molecular weight is 291 g/mol. The molecule has 2 N–H and O–H groups in total. The number of hydrogen-bond acceptors (Lipinski definition) is 3. The van der Waals surface area contributed by atoms with Crippen LogP contribution in [-0.2, 0) is 4.74 Å². The molecule has 5 nitrogen and oxygen atoms in total. The molecule has 1 amide bonds. The lowest BCUT2D eigenvalue weighted by Gasteiger charge is -2.26. The van der Waals surface area contributed by atoms with E-state index in [0.717, 1.165) is 57.5 Å². The summed E-state index contributed by atoms with van der Waals surface area (Å²) in [4.78, 5) is 12.4. The molecule has 1 aromatic heterocycles. The second-order valence-electron chi connectivity index (χ2n) is 5.96. The molecule has 0 aromatic carbocycles. The number of rotatable bonds is 5. The van der Waals surface area contributed by atoms with Crippen LogP contribution >= 0.6 is 0 Å². The van der Waals surface area contributed by atoms with Crippen LogP contribution in [-0.4, -0.2) is 42.8 Å². The molecule has 1 unspecified atom stereocenters. The van der Waals surface area contributed by atoms with E-state index in [2.05, 4.69) is 15.2 Å². The van der Waals surface area contributed by atoms with Gasteiger partial charge in [-0.2, -0.15) is 0 Å². The molecule has 116 valence electrons. The van der Waals surface area contributed by atoms with Gasteiger partial charge in [-0.3, -0.25) is 4.79 Å². The zero-order chi connectivity index (χ0) is 14.5. The maximum absolute atomic E-state index is 12.4. The van der Waals surface area contributed by atoms with Crippen LogP contribution in [0.4, 0.5) is 0 Å². The molecule has 2 saturated heterocycles. The molecule has 0 bridgehead atoms. The molecule has 21 heavy (non-hydrogen) atoms. The monoisotopic (exact) mass is 291 g/mol. The summed E-state index contributed by atoms with van der Waals surface area (Å²) in [5.74, 6) is 0.0385. The van der Waals surface area contributed by atoms with Crippen molar-refractivity contribution in [1.82, 2.24) is 15.2 Å². The zero-order valence-corrected chi connectivity index (χ0v) is 12.5. The molecular formula is C16H25N3O2. The van der Waals surface area contributed by atoms with E-state index in [9.17, 15) is 4.79 Å². The number of ether oxygens (including phenoxy) is 1. The third-order valence-corrected chi connectivity index (χ3v) is 4.49. The largest absolute Gasteiger partial charge is 0.378 e. The van der Waals surface area contributed by atoms with Gasteiger partial charge in [-0.05, 0) is 57.3 Å². The van der Waals surface area contributed by atoms with Crippen molar-refractivity contribution >= 4 is 5.91 Å². The predicted octanol–water partition coefficient (Wildman–Crippen LogP) is 1.71. The van der Waals surface area contributed by atoms with E-state index in [0.29, 0.717) is 18.7 Å². The van der Waals surface area contributed by atoms with Crippen LogP contribution in [0.2, 0.25) is 0 Å². The van der Waals surface area contributed by atoms with Crippen molar-refractivity contribution < 1.29 is 9.53 Å². The second-order valence-corrected chi connectivity index (χ2v) is 5.96. The summed E-state index contributed by atoms with van der Waals surface area (Å²) >= 11 is 0. The molecule has 0 saturated carbocycles. The quantitative estimate of drug-likeness (QED) is 0.868. The summed E-state index contributed by atoms with van der Waals surface area (Å²) in [7, 11) is 0. The molecule has 3 rings (SSSR count). The normalized spacial score (nSPS) is 23.3. The van der Waals surface area contributed by atoms with Crippen molar-refractivity contribution in [2.45, 2.75) is 44.2 Å². The van der Waals surface area contributed by atoms with Crippen molar-refractivity contribution in [2.75, 3.05) is 26.2 Å². The molecule has 0 spiro atoms. The van der Waals surface area contributed by atoms with Crippen molar-refractivity contribution in [2.24, 2.45) is 0 Å². The Bertz CT molecular complexity index is 460. The molecular weight excluding hydrogens is 266 g/mol. The smallest absolute Gasteiger partial charge is 0.267 e. The van der Waals surface area contributed by atoms with Gasteiger partial charge in [0, 0.05) is 25.4 Å². The third kappa shape index (κ3) is 3.66. The third-order valence-electron chi connectivity index (χ3n) is 4.49. The summed E-state index contributed by atoms with van der Waals surface area (Å²) in [6.07, 6.45) is 7.74. The lowest BCUT2D eigenvalue weighted by atomic mass is 10.1. The molecule has 2 aliphatic heterocycles. The Hall–Kier alpha value is -1.33. The summed E-state index contributed by atoms with van der Waals surface area (Å²) < 4.78 is 7.72. The van der Waals surface area contributed by atoms with Crippen molar-refractivity contribution in [3.05, 3.63) is 24.0 Å². The maximum atomic E-state index is 12.4. The number of hydrogen-bond donors (Lipinski definition) is 2. The summed E-state index contributed by atoms with van der Waals surface area (Å²) in [5.41, 5.74) is 0.786. The maximum Gasteiger partial charge on any atom is 0.267 e. The Kier molecular flexibility index (Phi) is 4.93. The van der Waals surface area contributed by atoms with Crippen LogP contribution in [0.5, 0.6) is 0 Å². The van der Waals surface area contributed by atoms with Crippen LogP contribution in [0.25, 0.3) is 0 Å². The minimum Gasteiger partial charge on any atom is -0.378 e. The molecule has 0 radical (unpaired) electrons. The van der Waals surface area contributed by atoms with Gasteiger partial charge in [0.2, 0.25) is 0 Å². The highest BCUT2D eigenvalue weighted by atomic mass is 16.5. The number of carbonyl (C=O) groups is 1. The van der Waals surface area contributed by atoms with Gasteiger partial charge >= 0.3 is 0 Å². The van der Waals surface area contributed by atoms with Gasteiger partial charge < -0.3 is 19.9 Å². The van der Waals surface area contributed by atoms with Crippen LogP contribution < -0.4 is 10.6 Å². The van der Waals surface area contributed by atoms with Gasteiger partial charge in [0.15, 0.2) is 0 Å². The first-order chi connectivity index (χ1) is 10.3. The van der Waals surface area contributed by atoms with Gasteiger partial charge in [0.25, 0.3) is 5.91 Å². The van der Waals surface area contributed by atoms with Gasteiger partial charge in [0.05, 0.1) is 6.10 Å². The van der Waals surface area contributed by atoms with Crippen LogP contribution in [0.3, 0.4) is 0 Å². The van der Waals surface area contributed by atoms with Crippen LogP contribution in [0.15, 0.2) is 18.3 Å². The average Bonchev–Trinajstić information content (AvgIpc) is 3.19.